The number of halogens is 1. The van der Waals surface area contributed by atoms with Crippen molar-refractivity contribution in [2.75, 3.05) is 11.1 Å². The number of thioether (sulfide) groups is 1. The maximum atomic E-state index is 12.9. The van der Waals surface area contributed by atoms with Gasteiger partial charge in [0.15, 0.2) is 11.0 Å². The van der Waals surface area contributed by atoms with Crippen molar-refractivity contribution in [2.24, 2.45) is 0 Å². The normalized spacial score (nSPS) is 10.5. The lowest BCUT2D eigenvalue weighted by Gasteiger charge is -2.08. The SMILES string of the molecule is Nc1nc(SCc2cccnc2)[nH]c(=O)c1NC(=O)c1ccc(F)cc1. The van der Waals surface area contributed by atoms with Crippen molar-refractivity contribution in [3.63, 3.8) is 0 Å². The Bertz CT molecular complexity index is 977. The van der Waals surface area contributed by atoms with Crippen molar-refractivity contribution >= 4 is 29.2 Å². The Morgan fingerprint density at radius 2 is 2.04 bits per heavy atom. The maximum absolute atomic E-state index is 12.9. The molecule has 1 amide bonds. The third-order valence-electron chi connectivity index (χ3n) is 3.37. The standard InChI is InChI=1S/C17H14FN5O2S/c18-12-5-3-11(4-6-12)15(24)21-13-14(19)22-17(23-16(13)25)26-9-10-2-1-7-20-8-10/h1-8H,9H2,(H,21,24)(H3,19,22,23,25). The highest BCUT2D eigenvalue weighted by Gasteiger charge is 2.14. The van der Waals surface area contributed by atoms with E-state index >= 15 is 0 Å². The Hall–Kier alpha value is -3.20. The molecule has 4 N–H and O–H groups in total. The summed E-state index contributed by atoms with van der Waals surface area (Å²) in [5, 5.41) is 2.73. The zero-order chi connectivity index (χ0) is 18.5. The molecule has 2 heterocycles. The second-order valence-corrected chi connectivity index (χ2v) is 6.21. The number of rotatable bonds is 5. The highest BCUT2D eigenvalue weighted by Crippen LogP contribution is 2.20. The van der Waals surface area contributed by atoms with Gasteiger partial charge in [0.25, 0.3) is 11.5 Å². The first-order valence-electron chi connectivity index (χ1n) is 7.51. The molecule has 0 unspecified atom stereocenters. The van der Waals surface area contributed by atoms with Crippen LogP contribution in [0.5, 0.6) is 0 Å². The number of aromatic nitrogens is 3. The van der Waals surface area contributed by atoms with Gasteiger partial charge >= 0.3 is 0 Å². The van der Waals surface area contributed by atoms with Crippen LogP contribution in [-0.2, 0) is 5.75 Å². The minimum absolute atomic E-state index is 0.0992. The van der Waals surface area contributed by atoms with Gasteiger partial charge in [-0.05, 0) is 35.9 Å². The Labute approximate surface area is 151 Å². The monoisotopic (exact) mass is 371 g/mol. The third-order valence-corrected chi connectivity index (χ3v) is 4.31. The van der Waals surface area contributed by atoms with Gasteiger partial charge in [0.05, 0.1) is 0 Å². The number of nitrogens with one attached hydrogen (secondary N) is 2. The largest absolute Gasteiger partial charge is 0.382 e. The average Bonchev–Trinajstić information content (AvgIpc) is 2.64. The second-order valence-electron chi connectivity index (χ2n) is 5.24. The molecular formula is C17H14FN5O2S. The summed E-state index contributed by atoms with van der Waals surface area (Å²) in [6.07, 6.45) is 3.39. The first-order chi connectivity index (χ1) is 12.5. The van der Waals surface area contributed by atoms with Crippen LogP contribution in [0.4, 0.5) is 15.9 Å². The number of carbonyl (C=O) groups excluding carboxylic acids is 1. The predicted molar refractivity (Wildman–Crippen MR) is 97.4 cm³/mol. The Balaban J connectivity index is 1.73. The number of carbonyl (C=O) groups is 1. The molecular weight excluding hydrogens is 357 g/mol. The van der Waals surface area contributed by atoms with E-state index < -0.39 is 17.3 Å². The molecule has 2 aromatic heterocycles. The van der Waals surface area contributed by atoms with Crippen LogP contribution in [0, 0.1) is 5.82 Å². The molecule has 3 aromatic rings. The fraction of sp³-hybridized carbons (Fsp3) is 0.0588. The summed E-state index contributed by atoms with van der Waals surface area (Å²) in [5.74, 6) is -0.592. The van der Waals surface area contributed by atoms with Crippen LogP contribution in [0.1, 0.15) is 15.9 Å². The topological polar surface area (TPSA) is 114 Å². The molecule has 1 aromatic carbocycles. The Morgan fingerprint density at radius 3 is 2.69 bits per heavy atom. The summed E-state index contributed by atoms with van der Waals surface area (Å²) in [6, 6.07) is 8.63. The van der Waals surface area contributed by atoms with E-state index in [4.69, 9.17) is 5.73 Å². The number of anilines is 2. The van der Waals surface area contributed by atoms with Crippen LogP contribution in [0.3, 0.4) is 0 Å². The number of pyridine rings is 1. The van der Waals surface area contributed by atoms with Crippen LogP contribution < -0.4 is 16.6 Å². The third kappa shape index (κ3) is 4.25. The van der Waals surface area contributed by atoms with Gasteiger partial charge in [-0.25, -0.2) is 9.37 Å². The Morgan fingerprint density at radius 1 is 1.27 bits per heavy atom. The lowest BCUT2D eigenvalue weighted by Crippen LogP contribution is -2.23. The summed E-state index contributed by atoms with van der Waals surface area (Å²) >= 11 is 1.29. The fourth-order valence-corrected chi connectivity index (χ4v) is 2.88. The van der Waals surface area contributed by atoms with Gasteiger partial charge < -0.3 is 11.1 Å². The highest BCUT2D eigenvalue weighted by atomic mass is 32.2. The van der Waals surface area contributed by atoms with E-state index in [1.807, 2.05) is 12.1 Å². The summed E-state index contributed by atoms with van der Waals surface area (Å²) in [6.45, 7) is 0. The first-order valence-corrected chi connectivity index (χ1v) is 8.50. The van der Waals surface area contributed by atoms with Crippen LogP contribution in [0.2, 0.25) is 0 Å². The molecule has 0 fully saturated rings. The number of nitrogens with zero attached hydrogens (tertiary/aromatic N) is 2. The fourth-order valence-electron chi connectivity index (χ4n) is 2.08. The molecule has 0 bridgehead atoms. The lowest BCUT2D eigenvalue weighted by molar-refractivity contribution is 0.102. The van der Waals surface area contributed by atoms with E-state index in [-0.39, 0.29) is 17.1 Å². The van der Waals surface area contributed by atoms with Crippen molar-refractivity contribution in [3.05, 3.63) is 76.1 Å². The van der Waals surface area contributed by atoms with Gasteiger partial charge in [-0.1, -0.05) is 17.8 Å². The average molecular weight is 371 g/mol. The molecule has 0 spiro atoms. The highest BCUT2D eigenvalue weighted by molar-refractivity contribution is 7.98. The number of benzene rings is 1. The smallest absolute Gasteiger partial charge is 0.277 e. The minimum Gasteiger partial charge on any atom is -0.382 e. The number of nitrogens with two attached hydrogens (primary N) is 1. The number of hydrogen-bond donors (Lipinski definition) is 3. The molecule has 132 valence electrons. The number of aromatic amines is 1. The van der Waals surface area contributed by atoms with E-state index in [1.165, 1.54) is 23.9 Å². The number of nitrogen functional groups attached to an aromatic ring is 1. The van der Waals surface area contributed by atoms with Crippen LogP contribution >= 0.6 is 11.8 Å². The molecule has 0 aliphatic rings. The van der Waals surface area contributed by atoms with Crippen LogP contribution in [0.15, 0.2) is 58.7 Å². The molecule has 0 saturated heterocycles. The molecule has 7 nitrogen and oxygen atoms in total. The van der Waals surface area contributed by atoms with E-state index in [1.54, 1.807) is 12.4 Å². The maximum Gasteiger partial charge on any atom is 0.277 e. The van der Waals surface area contributed by atoms with Crippen molar-refractivity contribution in [2.45, 2.75) is 10.9 Å². The Kier molecular flexibility index (Phi) is 5.28. The quantitative estimate of drug-likeness (QED) is 0.469. The van der Waals surface area contributed by atoms with Gasteiger partial charge in [-0.3, -0.25) is 19.6 Å². The van der Waals surface area contributed by atoms with Gasteiger partial charge in [0.2, 0.25) is 0 Å². The minimum atomic E-state index is -0.584. The summed E-state index contributed by atoms with van der Waals surface area (Å²) < 4.78 is 12.9. The van der Waals surface area contributed by atoms with Gasteiger partial charge in [-0.15, -0.1) is 0 Å². The molecule has 26 heavy (non-hydrogen) atoms. The zero-order valence-electron chi connectivity index (χ0n) is 13.4. The van der Waals surface area contributed by atoms with E-state index in [9.17, 15) is 14.0 Å². The molecule has 9 heteroatoms. The van der Waals surface area contributed by atoms with E-state index in [0.717, 1.165) is 17.7 Å². The van der Waals surface area contributed by atoms with Crippen LogP contribution in [-0.4, -0.2) is 20.9 Å². The van der Waals surface area contributed by atoms with Crippen molar-refractivity contribution < 1.29 is 9.18 Å². The summed E-state index contributed by atoms with van der Waals surface area (Å²) in [4.78, 5) is 35.0. The van der Waals surface area contributed by atoms with Crippen molar-refractivity contribution in [1.82, 2.24) is 15.0 Å². The molecule has 0 radical (unpaired) electrons. The summed E-state index contributed by atoms with van der Waals surface area (Å²) in [7, 11) is 0. The second kappa shape index (κ2) is 7.79. The molecule has 0 aliphatic heterocycles. The van der Waals surface area contributed by atoms with Crippen molar-refractivity contribution in [3.8, 4) is 0 Å². The molecule has 0 atom stereocenters. The van der Waals surface area contributed by atoms with Gasteiger partial charge in [0.1, 0.15) is 11.5 Å². The van der Waals surface area contributed by atoms with Gasteiger partial charge in [-0.2, -0.15) is 0 Å². The summed E-state index contributed by atoms with van der Waals surface area (Å²) in [5.41, 5.74) is 6.25. The number of H-pyrrole nitrogens is 1. The van der Waals surface area contributed by atoms with Crippen molar-refractivity contribution in [1.29, 1.82) is 0 Å². The first kappa shape index (κ1) is 17.6. The van der Waals surface area contributed by atoms with Crippen LogP contribution in [0.25, 0.3) is 0 Å². The molecule has 0 aliphatic carbocycles. The van der Waals surface area contributed by atoms with E-state index in [2.05, 4.69) is 20.3 Å². The number of hydrogen-bond acceptors (Lipinski definition) is 6. The zero-order valence-corrected chi connectivity index (χ0v) is 14.2. The lowest BCUT2D eigenvalue weighted by atomic mass is 10.2. The predicted octanol–water partition coefficient (Wildman–Crippen LogP) is 2.43. The van der Waals surface area contributed by atoms with Gasteiger partial charge in [0, 0.05) is 23.7 Å². The number of amides is 1. The van der Waals surface area contributed by atoms with E-state index in [0.29, 0.717) is 10.9 Å². The molecule has 0 saturated carbocycles. The molecule has 3 rings (SSSR count).